The number of benzene rings is 1. The van der Waals surface area contributed by atoms with Gasteiger partial charge in [-0.05, 0) is 38.0 Å². The van der Waals surface area contributed by atoms with Crippen LogP contribution in [0.25, 0.3) is 0 Å². The highest BCUT2D eigenvalue weighted by Crippen LogP contribution is 2.16. The average Bonchev–Trinajstić information content (AvgIpc) is 2.49. The van der Waals surface area contributed by atoms with Gasteiger partial charge >= 0.3 is 6.03 Å². The van der Waals surface area contributed by atoms with Crippen LogP contribution in [0.5, 0.6) is 0 Å². The topological polar surface area (TPSA) is 70.2 Å². The molecule has 0 aliphatic rings. The van der Waals surface area contributed by atoms with Crippen LogP contribution >= 0.6 is 0 Å². The highest BCUT2D eigenvalue weighted by atomic mass is 16.2. The summed E-state index contributed by atoms with van der Waals surface area (Å²) in [4.78, 5) is 23.7. The molecular formula is C17H27N3O2. The number of carbonyl (C=O) groups excluding carboxylic acids is 2. The molecule has 3 N–H and O–H groups in total. The van der Waals surface area contributed by atoms with Crippen molar-refractivity contribution >= 4 is 17.6 Å². The lowest BCUT2D eigenvalue weighted by molar-refractivity contribution is 0.0956. The second-order valence-electron chi connectivity index (χ2n) is 5.33. The smallest absolute Gasteiger partial charge is 0.319 e. The van der Waals surface area contributed by atoms with Crippen LogP contribution in [-0.4, -0.2) is 25.0 Å². The Hall–Kier alpha value is -2.04. The van der Waals surface area contributed by atoms with E-state index in [-0.39, 0.29) is 11.9 Å². The van der Waals surface area contributed by atoms with Crippen molar-refractivity contribution in [1.29, 1.82) is 0 Å². The number of unbranched alkanes of at least 4 members (excludes halogenated alkanes) is 3. The first-order valence-corrected chi connectivity index (χ1v) is 8.02. The Morgan fingerprint density at radius 1 is 1.05 bits per heavy atom. The summed E-state index contributed by atoms with van der Waals surface area (Å²) in [6.45, 7) is 7.18. The SMILES string of the molecule is CCCCCCNC(=O)Nc1cc(C(=O)NCC)ccc1C. The summed E-state index contributed by atoms with van der Waals surface area (Å²) < 4.78 is 0. The van der Waals surface area contributed by atoms with E-state index in [1.807, 2.05) is 19.9 Å². The van der Waals surface area contributed by atoms with Gasteiger partial charge in [0.1, 0.15) is 0 Å². The molecule has 3 amide bonds. The van der Waals surface area contributed by atoms with E-state index in [1.54, 1.807) is 12.1 Å². The van der Waals surface area contributed by atoms with Crippen molar-refractivity contribution in [2.45, 2.75) is 46.5 Å². The molecule has 5 heteroatoms. The molecule has 0 heterocycles. The fourth-order valence-electron chi connectivity index (χ4n) is 2.08. The third-order valence-electron chi connectivity index (χ3n) is 3.40. The summed E-state index contributed by atoms with van der Waals surface area (Å²) in [6.07, 6.45) is 4.48. The summed E-state index contributed by atoms with van der Waals surface area (Å²) in [5.41, 5.74) is 2.13. The van der Waals surface area contributed by atoms with Gasteiger partial charge in [-0.2, -0.15) is 0 Å². The lowest BCUT2D eigenvalue weighted by Gasteiger charge is -2.11. The Kier molecular flexibility index (Phi) is 8.04. The van der Waals surface area contributed by atoms with Crippen molar-refractivity contribution in [1.82, 2.24) is 10.6 Å². The standard InChI is InChI=1S/C17H27N3O2/c1-4-6-7-8-11-19-17(22)20-15-12-14(10-9-13(15)3)16(21)18-5-2/h9-10,12H,4-8,11H2,1-3H3,(H,18,21)(H2,19,20,22). The number of urea groups is 1. The van der Waals surface area contributed by atoms with Crippen LogP contribution in [0.15, 0.2) is 18.2 Å². The molecule has 0 aromatic heterocycles. The molecule has 0 fully saturated rings. The number of anilines is 1. The third kappa shape index (κ3) is 6.16. The van der Waals surface area contributed by atoms with E-state index in [2.05, 4.69) is 22.9 Å². The highest BCUT2D eigenvalue weighted by Gasteiger charge is 2.09. The van der Waals surface area contributed by atoms with E-state index >= 15 is 0 Å². The number of nitrogens with one attached hydrogen (secondary N) is 3. The molecule has 0 unspecified atom stereocenters. The zero-order valence-corrected chi connectivity index (χ0v) is 13.8. The number of carbonyl (C=O) groups is 2. The fraction of sp³-hybridized carbons (Fsp3) is 0.529. The van der Waals surface area contributed by atoms with Crippen molar-refractivity contribution in [3.8, 4) is 0 Å². The lowest BCUT2D eigenvalue weighted by atomic mass is 10.1. The van der Waals surface area contributed by atoms with E-state index in [0.29, 0.717) is 24.3 Å². The predicted molar refractivity (Wildman–Crippen MR) is 90.3 cm³/mol. The fourth-order valence-corrected chi connectivity index (χ4v) is 2.08. The van der Waals surface area contributed by atoms with Crippen molar-refractivity contribution in [2.75, 3.05) is 18.4 Å². The van der Waals surface area contributed by atoms with Crippen LogP contribution < -0.4 is 16.0 Å². The minimum absolute atomic E-state index is 0.134. The molecule has 122 valence electrons. The van der Waals surface area contributed by atoms with Gasteiger partial charge in [-0.15, -0.1) is 0 Å². The predicted octanol–water partition coefficient (Wildman–Crippen LogP) is 3.45. The zero-order chi connectivity index (χ0) is 16.4. The Morgan fingerprint density at radius 2 is 1.82 bits per heavy atom. The van der Waals surface area contributed by atoms with Crippen molar-refractivity contribution < 1.29 is 9.59 Å². The van der Waals surface area contributed by atoms with E-state index in [1.165, 1.54) is 12.8 Å². The van der Waals surface area contributed by atoms with Crippen LogP contribution in [0.1, 0.15) is 55.5 Å². The Morgan fingerprint density at radius 3 is 2.50 bits per heavy atom. The van der Waals surface area contributed by atoms with Gasteiger partial charge in [-0.1, -0.05) is 32.3 Å². The van der Waals surface area contributed by atoms with Gasteiger partial charge in [-0.3, -0.25) is 4.79 Å². The summed E-state index contributed by atoms with van der Waals surface area (Å²) in [5.74, 6) is -0.134. The first kappa shape index (κ1) is 18.0. The van der Waals surface area contributed by atoms with Gasteiger partial charge in [0.2, 0.25) is 0 Å². The molecule has 1 aromatic rings. The van der Waals surface area contributed by atoms with Crippen molar-refractivity contribution in [3.63, 3.8) is 0 Å². The molecule has 1 rings (SSSR count). The number of rotatable bonds is 8. The van der Waals surface area contributed by atoms with E-state index in [0.717, 1.165) is 18.4 Å². The monoisotopic (exact) mass is 305 g/mol. The van der Waals surface area contributed by atoms with Crippen LogP contribution in [-0.2, 0) is 0 Å². The molecule has 0 spiro atoms. The number of hydrogen-bond donors (Lipinski definition) is 3. The Balaban J connectivity index is 2.55. The highest BCUT2D eigenvalue weighted by molar-refractivity contribution is 5.97. The molecule has 0 atom stereocenters. The normalized spacial score (nSPS) is 10.1. The van der Waals surface area contributed by atoms with Gasteiger partial charge in [0.15, 0.2) is 0 Å². The van der Waals surface area contributed by atoms with Crippen LogP contribution in [0.2, 0.25) is 0 Å². The van der Waals surface area contributed by atoms with Gasteiger partial charge < -0.3 is 16.0 Å². The van der Waals surface area contributed by atoms with Gasteiger partial charge in [0.25, 0.3) is 5.91 Å². The molecular weight excluding hydrogens is 278 g/mol. The van der Waals surface area contributed by atoms with Gasteiger partial charge in [0, 0.05) is 24.3 Å². The van der Waals surface area contributed by atoms with Crippen molar-refractivity contribution in [2.24, 2.45) is 0 Å². The average molecular weight is 305 g/mol. The molecule has 0 aliphatic heterocycles. The molecule has 22 heavy (non-hydrogen) atoms. The summed E-state index contributed by atoms with van der Waals surface area (Å²) in [7, 11) is 0. The quantitative estimate of drug-likeness (QED) is 0.644. The summed E-state index contributed by atoms with van der Waals surface area (Å²) in [6, 6.07) is 5.07. The maximum absolute atomic E-state index is 11.9. The maximum atomic E-state index is 11.9. The minimum Gasteiger partial charge on any atom is -0.352 e. The third-order valence-corrected chi connectivity index (χ3v) is 3.40. The minimum atomic E-state index is -0.229. The molecule has 0 saturated heterocycles. The van der Waals surface area contributed by atoms with E-state index in [4.69, 9.17) is 0 Å². The van der Waals surface area contributed by atoms with Crippen LogP contribution in [0, 0.1) is 6.92 Å². The van der Waals surface area contributed by atoms with Crippen LogP contribution in [0.4, 0.5) is 10.5 Å². The molecule has 0 saturated carbocycles. The largest absolute Gasteiger partial charge is 0.352 e. The van der Waals surface area contributed by atoms with E-state index in [9.17, 15) is 9.59 Å². The Bertz CT molecular complexity index is 501. The number of amides is 3. The molecule has 1 aromatic carbocycles. The zero-order valence-electron chi connectivity index (χ0n) is 13.8. The molecule has 0 aliphatic carbocycles. The summed E-state index contributed by atoms with van der Waals surface area (Å²) in [5, 5.41) is 8.40. The van der Waals surface area contributed by atoms with Crippen LogP contribution in [0.3, 0.4) is 0 Å². The molecule has 5 nitrogen and oxygen atoms in total. The Labute approximate surface area is 132 Å². The summed E-state index contributed by atoms with van der Waals surface area (Å²) >= 11 is 0. The molecule has 0 bridgehead atoms. The first-order chi connectivity index (χ1) is 10.6. The van der Waals surface area contributed by atoms with Gasteiger partial charge in [-0.25, -0.2) is 4.79 Å². The number of hydrogen-bond acceptors (Lipinski definition) is 2. The van der Waals surface area contributed by atoms with E-state index < -0.39 is 0 Å². The number of aryl methyl sites for hydroxylation is 1. The second-order valence-corrected chi connectivity index (χ2v) is 5.33. The maximum Gasteiger partial charge on any atom is 0.319 e. The van der Waals surface area contributed by atoms with Crippen molar-refractivity contribution in [3.05, 3.63) is 29.3 Å². The molecule has 0 radical (unpaired) electrons. The second kappa shape index (κ2) is 9.82. The lowest BCUT2D eigenvalue weighted by Crippen LogP contribution is -2.30. The van der Waals surface area contributed by atoms with Gasteiger partial charge in [0.05, 0.1) is 0 Å². The first-order valence-electron chi connectivity index (χ1n) is 8.02.